The molecule has 21 heavy (non-hydrogen) atoms. The van der Waals surface area contributed by atoms with Gasteiger partial charge in [0.05, 0.1) is 22.7 Å². The van der Waals surface area contributed by atoms with Gasteiger partial charge in [0.1, 0.15) is 0 Å². The molecule has 0 amide bonds. The number of nitro benzene ring substituents is 1. The molecule has 0 unspecified atom stereocenters. The molecular formula is C14H18BrNO5. The van der Waals surface area contributed by atoms with E-state index in [2.05, 4.69) is 15.9 Å². The molecule has 0 saturated heterocycles. The van der Waals surface area contributed by atoms with Gasteiger partial charge in [-0.15, -0.1) is 0 Å². The van der Waals surface area contributed by atoms with E-state index in [1.165, 1.54) is 19.1 Å². The number of nitro groups is 1. The maximum atomic E-state index is 11.7. The second-order valence-corrected chi connectivity index (χ2v) is 6.09. The Balaban J connectivity index is 3.09. The summed E-state index contributed by atoms with van der Waals surface area (Å²) in [6.45, 7) is 5.33. The number of carbonyl (C=O) groups is 1. The van der Waals surface area contributed by atoms with Gasteiger partial charge in [0.2, 0.25) is 5.75 Å². The molecule has 0 aromatic heterocycles. The molecule has 0 N–H and O–H groups in total. The molecule has 0 bridgehead atoms. The van der Waals surface area contributed by atoms with Gasteiger partial charge in [-0.3, -0.25) is 14.9 Å². The van der Waals surface area contributed by atoms with Crippen molar-refractivity contribution in [1.82, 2.24) is 0 Å². The summed E-state index contributed by atoms with van der Waals surface area (Å²) in [6, 6.07) is 2.84. The monoisotopic (exact) mass is 359 g/mol. The molecule has 1 rings (SSSR count). The van der Waals surface area contributed by atoms with E-state index in [0.717, 1.165) is 0 Å². The highest BCUT2D eigenvalue weighted by Crippen LogP contribution is 2.35. The lowest BCUT2D eigenvalue weighted by Crippen LogP contribution is -2.25. The molecule has 1 aromatic rings. The van der Waals surface area contributed by atoms with E-state index in [-0.39, 0.29) is 29.4 Å². The van der Waals surface area contributed by atoms with Crippen LogP contribution in [0.1, 0.15) is 37.6 Å². The van der Waals surface area contributed by atoms with Crippen LogP contribution in [0.5, 0.6) is 5.75 Å². The number of hydrogen-bond acceptors (Lipinski definition) is 5. The second kappa shape index (κ2) is 7.00. The molecule has 0 saturated carbocycles. The molecule has 0 aliphatic carbocycles. The first-order chi connectivity index (χ1) is 9.68. The van der Waals surface area contributed by atoms with Crippen molar-refractivity contribution in [3.8, 4) is 5.75 Å². The van der Waals surface area contributed by atoms with Crippen molar-refractivity contribution >= 4 is 27.4 Å². The Bertz CT molecular complexity index is 521. The average Bonchev–Trinajstić information content (AvgIpc) is 2.39. The Morgan fingerprint density at radius 2 is 2.05 bits per heavy atom. The van der Waals surface area contributed by atoms with Crippen molar-refractivity contribution in [2.45, 2.75) is 32.8 Å². The average molecular weight is 360 g/mol. The minimum absolute atomic E-state index is 0.00241. The number of methoxy groups -OCH3 is 1. The van der Waals surface area contributed by atoms with Crippen molar-refractivity contribution in [3.05, 3.63) is 32.3 Å². The molecule has 0 atom stereocenters. The van der Waals surface area contributed by atoms with Crippen LogP contribution in [0, 0.1) is 10.1 Å². The summed E-state index contributed by atoms with van der Waals surface area (Å²) in [7, 11) is 1.59. The van der Waals surface area contributed by atoms with Gasteiger partial charge in [-0.25, -0.2) is 0 Å². The zero-order valence-corrected chi connectivity index (χ0v) is 14.0. The van der Waals surface area contributed by atoms with Crippen molar-refractivity contribution < 1.29 is 19.2 Å². The summed E-state index contributed by atoms with van der Waals surface area (Å²) in [4.78, 5) is 22.2. The quantitative estimate of drug-likeness (QED) is 0.420. The molecule has 0 aliphatic heterocycles. The Morgan fingerprint density at radius 3 is 2.52 bits per heavy atom. The predicted octanol–water partition coefficient (Wildman–Crippen LogP) is 3.75. The zero-order valence-electron chi connectivity index (χ0n) is 12.4. The topological polar surface area (TPSA) is 78.7 Å². The van der Waals surface area contributed by atoms with E-state index in [9.17, 15) is 14.9 Å². The zero-order chi connectivity index (χ0) is 16.2. The van der Waals surface area contributed by atoms with Crippen LogP contribution in [0.4, 0.5) is 5.69 Å². The Kier molecular flexibility index (Phi) is 5.86. The van der Waals surface area contributed by atoms with E-state index >= 15 is 0 Å². The molecule has 0 fully saturated rings. The lowest BCUT2D eigenvalue weighted by atomic mass is 10.1. The molecule has 6 nitrogen and oxygen atoms in total. The maximum absolute atomic E-state index is 11.7. The Hall–Kier alpha value is -1.47. The number of ketones is 1. The van der Waals surface area contributed by atoms with Crippen molar-refractivity contribution in [2.24, 2.45) is 0 Å². The summed E-state index contributed by atoms with van der Waals surface area (Å²) in [5, 5.41) is 11.1. The molecule has 0 heterocycles. The largest absolute Gasteiger partial charge is 0.486 e. The molecule has 0 aliphatic rings. The van der Waals surface area contributed by atoms with E-state index in [4.69, 9.17) is 9.47 Å². The third-order valence-corrected chi connectivity index (χ3v) is 3.57. The van der Waals surface area contributed by atoms with Gasteiger partial charge in [-0.05, 0) is 26.8 Å². The van der Waals surface area contributed by atoms with Gasteiger partial charge in [0, 0.05) is 24.1 Å². The lowest BCUT2D eigenvalue weighted by Gasteiger charge is -2.22. The van der Waals surface area contributed by atoms with E-state index < -0.39 is 10.5 Å². The maximum Gasteiger partial charge on any atom is 0.312 e. The second-order valence-electron chi connectivity index (χ2n) is 5.18. The van der Waals surface area contributed by atoms with Crippen LogP contribution in [0.25, 0.3) is 0 Å². The van der Waals surface area contributed by atoms with Gasteiger partial charge in [0.25, 0.3) is 0 Å². The van der Waals surface area contributed by atoms with Crippen LogP contribution >= 0.6 is 15.9 Å². The van der Waals surface area contributed by atoms with Crippen LogP contribution in [-0.4, -0.2) is 30.0 Å². The molecule has 116 valence electrons. The summed E-state index contributed by atoms with van der Waals surface area (Å²) in [6.07, 6.45) is 0.536. The van der Waals surface area contributed by atoms with Crippen LogP contribution in [0.3, 0.4) is 0 Å². The molecule has 0 radical (unpaired) electrons. The normalized spacial score (nSPS) is 11.3. The first kappa shape index (κ1) is 17.6. The molecule has 0 spiro atoms. The third kappa shape index (κ3) is 4.78. The predicted molar refractivity (Wildman–Crippen MR) is 82.0 cm³/mol. The number of benzene rings is 1. The van der Waals surface area contributed by atoms with Crippen molar-refractivity contribution in [1.29, 1.82) is 0 Å². The van der Waals surface area contributed by atoms with Gasteiger partial charge in [-0.1, -0.05) is 15.9 Å². The van der Waals surface area contributed by atoms with Crippen LogP contribution in [0.2, 0.25) is 0 Å². The van der Waals surface area contributed by atoms with E-state index in [1.807, 2.05) is 13.8 Å². The van der Waals surface area contributed by atoms with Gasteiger partial charge < -0.3 is 9.47 Å². The summed E-state index contributed by atoms with van der Waals surface area (Å²) in [5.41, 5.74) is -0.448. The fourth-order valence-electron chi connectivity index (χ4n) is 1.63. The van der Waals surface area contributed by atoms with Crippen LogP contribution in [0.15, 0.2) is 16.6 Å². The van der Waals surface area contributed by atoms with Crippen molar-refractivity contribution in [2.75, 3.05) is 13.7 Å². The standard InChI is InChI=1S/C14H18BrNO5/c1-9(17)11-7-10(15)8-12(16(18)19)13(11)21-6-5-14(2,3)20-4/h7-8H,5-6H2,1-4H3. The number of nitrogens with zero attached hydrogens (tertiary/aromatic N) is 1. The van der Waals surface area contributed by atoms with Gasteiger partial charge >= 0.3 is 5.69 Å². The van der Waals surface area contributed by atoms with E-state index in [1.54, 1.807) is 7.11 Å². The van der Waals surface area contributed by atoms with E-state index in [0.29, 0.717) is 10.9 Å². The highest BCUT2D eigenvalue weighted by molar-refractivity contribution is 9.10. The fraction of sp³-hybridized carbons (Fsp3) is 0.500. The van der Waals surface area contributed by atoms with Gasteiger partial charge in [0.15, 0.2) is 5.78 Å². The lowest BCUT2D eigenvalue weighted by molar-refractivity contribution is -0.386. The highest BCUT2D eigenvalue weighted by atomic mass is 79.9. The van der Waals surface area contributed by atoms with Gasteiger partial charge in [-0.2, -0.15) is 0 Å². The minimum Gasteiger partial charge on any atom is -0.486 e. The molecule has 7 heteroatoms. The summed E-state index contributed by atoms with van der Waals surface area (Å²) in [5.74, 6) is -0.289. The Morgan fingerprint density at radius 1 is 1.43 bits per heavy atom. The number of ether oxygens (including phenoxy) is 2. The smallest absolute Gasteiger partial charge is 0.312 e. The van der Waals surface area contributed by atoms with Crippen molar-refractivity contribution in [3.63, 3.8) is 0 Å². The molecule has 1 aromatic carbocycles. The number of Topliss-reactive ketones (excluding diaryl/α,β-unsaturated/α-hetero) is 1. The van der Waals surface area contributed by atoms with Crippen LogP contribution in [-0.2, 0) is 4.74 Å². The summed E-state index contributed by atoms with van der Waals surface area (Å²) >= 11 is 3.16. The third-order valence-electron chi connectivity index (χ3n) is 3.11. The number of hydrogen-bond donors (Lipinski definition) is 0. The summed E-state index contributed by atoms with van der Waals surface area (Å²) < 4.78 is 11.2. The minimum atomic E-state index is -0.562. The highest BCUT2D eigenvalue weighted by Gasteiger charge is 2.24. The number of halogens is 1. The Labute approximate surface area is 131 Å². The fourth-order valence-corrected chi connectivity index (χ4v) is 2.07. The molecular weight excluding hydrogens is 342 g/mol. The first-order valence-corrected chi connectivity index (χ1v) is 7.14. The number of rotatable bonds is 7. The van der Waals surface area contributed by atoms with Crippen LogP contribution < -0.4 is 4.74 Å². The SMILES string of the molecule is COC(C)(C)CCOc1c(C(C)=O)cc(Br)cc1[N+](=O)[O-]. The first-order valence-electron chi connectivity index (χ1n) is 6.35. The number of carbonyl (C=O) groups excluding carboxylic acids is 1.